The number of nitrogens with two attached hydrogens (primary N) is 1. The zero-order valence-corrected chi connectivity index (χ0v) is 13.3. The van der Waals surface area contributed by atoms with Crippen molar-refractivity contribution in [2.45, 2.75) is 33.6 Å². The van der Waals surface area contributed by atoms with Crippen LogP contribution in [0.3, 0.4) is 0 Å². The summed E-state index contributed by atoms with van der Waals surface area (Å²) < 4.78 is 0. The molecule has 120 valence electrons. The first-order valence-corrected chi connectivity index (χ1v) is 7.23. The van der Waals surface area contributed by atoms with Gasteiger partial charge in [0.15, 0.2) is 12.4 Å². The fourth-order valence-corrected chi connectivity index (χ4v) is 1.67. The average molecular weight is 305 g/mol. The molecule has 0 aliphatic rings. The minimum Gasteiger partial charge on any atom is -0.384 e. The maximum absolute atomic E-state index is 11.7. The summed E-state index contributed by atoms with van der Waals surface area (Å²) >= 11 is 0. The van der Waals surface area contributed by atoms with Gasteiger partial charge in [0, 0.05) is 17.7 Å². The lowest BCUT2D eigenvalue weighted by Crippen LogP contribution is -2.19. The van der Waals surface area contributed by atoms with E-state index in [1.54, 1.807) is 24.3 Å². The number of amides is 1. The van der Waals surface area contributed by atoms with Gasteiger partial charge in [0.1, 0.15) is 5.84 Å². The van der Waals surface area contributed by atoms with E-state index in [1.165, 1.54) is 6.92 Å². The van der Waals surface area contributed by atoms with Gasteiger partial charge in [-0.3, -0.25) is 9.59 Å². The summed E-state index contributed by atoms with van der Waals surface area (Å²) in [4.78, 5) is 27.9. The van der Waals surface area contributed by atoms with Crippen LogP contribution >= 0.6 is 0 Å². The SMILES string of the molecule is CC(=O)c1cccc(NC(=O)CO/N=C(\N)CCC(C)C)c1. The van der Waals surface area contributed by atoms with Crippen LogP contribution in [-0.4, -0.2) is 24.1 Å². The third-order valence-corrected chi connectivity index (χ3v) is 2.91. The van der Waals surface area contributed by atoms with Crippen molar-refractivity contribution in [2.75, 3.05) is 11.9 Å². The van der Waals surface area contributed by atoms with Gasteiger partial charge in [-0.2, -0.15) is 0 Å². The molecule has 0 atom stereocenters. The number of nitrogens with one attached hydrogen (secondary N) is 1. The van der Waals surface area contributed by atoms with Crippen LogP contribution in [0.5, 0.6) is 0 Å². The highest BCUT2D eigenvalue weighted by atomic mass is 16.6. The van der Waals surface area contributed by atoms with Gasteiger partial charge in [-0.25, -0.2) is 0 Å². The molecule has 0 aromatic heterocycles. The molecule has 0 heterocycles. The Morgan fingerprint density at radius 3 is 2.73 bits per heavy atom. The molecule has 22 heavy (non-hydrogen) atoms. The van der Waals surface area contributed by atoms with Gasteiger partial charge in [-0.05, 0) is 31.4 Å². The molecule has 1 amide bonds. The fraction of sp³-hybridized carbons (Fsp3) is 0.438. The van der Waals surface area contributed by atoms with E-state index >= 15 is 0 Å². The summed E-state index contributed by atoms with van der Waals surface area (Å²) in [5.41, 5.74) is 6.75. The number of oxime groups is 1. The average Bonchev–Trinajstić information content (AvgIpc) is 2.45. The number of anilines is 1. The Morgan fingerprint density at radius 2 is 2.09 bits per heavy atom. The quantitative estimate of drug-likeness (QED) is 0.334. The van der Waals surface area contributed by atoms with Crippen LogP contribution in [0, 0.1) is 5.92 Å². The number of hydrogen-bond donors (Lipinski definition) is 2. The van der Waals surface area contributed by atoms with Crippen molar-refractivity contribution in [3.63, 3.8) is 0 Å². The predicted molar refractivity (Wildman–Crippen MR) is 86.7 cm³/mol. The third-order valence-electron chi connectivity index (χ3n) is 2.91. The highest BCUT2D eigenvalue weighted by molar-refractivity contribution is 5.97. The standard InChI is InChI=1S/C16H23N3O3/c1-11(2)7-8-15(17)19-22-10-16(21)18-14-6-4-5-13(9-14)12(3)20/h4-6,9,11H,7-8,10H2,1-3H3,(H2,17,19)(H,18,21). The van der Waals surface area contributed by atoms with Crippen LogP contribution in [0.4, 0.5) is 5.69 Å². The van der Waals surface area contributed by atoms with E-state index in [4.69, 9.17) is 10.6 Å². The smallest absolute Gasteiger partial charge is 0.265 e. The number of amidine groups is 1. The molecular formula is C16H23N3O3. The molecule has 0 fully saturated rings. The number of nitrogens with zero attached hydrogens (tertiary/aromatic N) is 1. The first-order chi connectivity index (χ1) is 10.4. The van der Waals surface area contributed by atoms with Crippen molar-refractivity contribution in [3.05, 3.63) is 29.8 Å². The van der Waals surface area contributed by atoms with Crippen LogP contribution < -0.4 is 11.1 Å². The highest BCUT2D eigenvalue weighted by Crippen LogP contribution is 2.11. The van der Waals surface area contributed by atoms with Gasteiger partial charge in [-0.15, -0.1) is 0 Å². The molecule has 0 radical (unpaired) electrons. The Kier molecular flexibility index (Phi) is 7.08. The normalized spacial score (nSPS) is 11.4. The minimum atomic E-state index is -0.360. The molecule has 3 N–H and O–H groups in total. The monoisotopic (exact) mass is 305 g/mol. The van der Waals surface area contributed by atoms with E-state index in [1.807, 2.05) is 0 Å². The molecular weight excluding hydrogens is 282 g/mol. The lowest BCUT2D eigenvalue weighted by atomic mass is 10.1. The molecule has 0 bridgehead atoms. The van der Waals surface area contributed by atoms with Crippen LogP contribution in [0.15, 0.2) is 29.4 Å². The lowest BCUT2D eigenvalue weighted by molar-refractivity contribution is -0.120. The number of ketones is 1. The van der Waals surface area contributed by atoms with Gasteiger partial charge in [-0.1, -0.05) is 31.1 Å². The first kappa shape index (κ1) is 17.7. The summed E-state index contributed by atoms with van der Waals surface area (Å²) in [5, 5.41) is 6.34. The van der Waals surface area contributed by atoms with E-state index < -0.39 is 0 Å². The maximum atomic E-state index is 11.7. The summed E-state index contributed by atoms with van der Waals surface area (Å²) in [5.74, 6) is 0.488. The van der Waals surface area contributed by atoms with Crippen molar-refractivity contribution in [2.24, 2.45) is 16.8 Å². The fourth-order valence-electron chi connectivity index (χ4n) is 1.67. The zero-order chi connectivity index (χ0) is 16.5. The van der Waals surface area contributed by atoms with E-state index in [2.05, 4.69) is 24.3 Å². The molecule has 1 rings (SSSR count). The molecule has 0 unspecified atom stereocenters. The van der Waals surface area contributed by atoms with Crippen molar-refractivity contribution in [1.29, 1.82) is 0 Å². The molecule has 0 aliphatic carbocycles. The number of rotatable bonds is 8. The summed E-state index contributed by atoms with van der Waals surface area (Å²) in [6.45, 7) is 5.43. The van der Waals surface area contributed by atoms with E-state index in [9.17, 15) is 9.59 Å². The van der Waals surface area contributed by atoms with Crippen LogP contribution in [0.25, 0.3) is 0 Å². The summed E-state index contributed by atoms with van der Waals surface area (Å²) in [6.07, 6.45) is 1.56. The second-order valence-corrected chi connectivity index (χ2v) is 5.47. The topological polar surface area (TPSA) is 93.8 Å². The molecule has 0 saturated heterocycles. The lowest BCUT2D eigenvalue weighted by Gasteiger charge is -2.06. The van der Waals surface area contributed by atoms with E-state index in [-0.39, 0.29) is 18.3 Å². The molecule has 6 nitrogen and oxygen atoms in total. The number of carbonyl (C=O) groups excluding carboxylic acids is 2. The second-order valence-electron chi connectivity index (χ2n) is 5.47. The van der Waals surface area contributed by atoms with Crippen molar-refractivity contribution in [1.82, 2.24) is 0 Å². The minimum absolute atomic E-state index is 0.0603. The Hall–Kier alpha value is -2.37. The van der Waals surface area contributed by atoms with Crippen LogP contribution in [0.2, 0.25) is 0 Å². The van der Waals surface area contributed by atoms with Gasteiger partial charge in [0.25, 0.3) is 5.91 Å². The van der Waals surface area contributed by atoms with E-state index in [0.717, 1.165) is 6.42 Å². The third kappa shape index (κ3) is 6.88. The maximum Gasteiger partial charge on any atom is 0.265 e. The predicted octanol–water partition coefficient (Wildman–Crippen LogP) is 2.55. The molecule has 1 aromatic rings. The van der Waals surface area contributed by atoms with Crippen molar-refractivity contribution >= 4 is 23.2 Å². The molecule has 6 heteroatoms. The Balaban J connectivity index is 2.42. The van der Waals surface area contributed by atoms with E-state index in [0.29, 0.717) is 29.4 Å². The van der Waals surface area contributed by atoms with Gasteiger partial charge >= 0.3 is 0 Å². The van der Waals surface area contributed by atoms with Gasteiger partial charge < -0.3 is 15.9 Å². The van der Waals surface area contributed by atoms with Crippen LogP contribution in [0.1, 0.15) is 44.0 Å². The van der Waals surface area contributed by atoms with Gasteiger partial charge in [0.05, 0.1) is 0 Å². The van der Waals surface area contributed by atoms with Gasteiger partial charge in [0.2, 0.25) is 0 Å². The summed E-state index contributed by atoms with van der Waals surface area (Å²) in [6, 6.07) is 6.70. The Morgan fingerprint density at radius 1 is 1.36 bits per heavy atom. The number of Topliss-reactive ketones (excluding diaryl/α,β-unsaturated/α-hetero) is 1. The number of hydrogen-bond acceptors (Lipinski definition) is 4. The molecule has 0 spiro atoms. The molecule has 1 aromatic carbocycles. The summed E-state index contributed by atoms with van der Waals surface area (Å²) in [7, 11) is 0. The van der Waals surface area contributed by atoms with Crippen LogP contribution in [-0.2, 0) is 9.63 Å². The molecule has 0 saturated carbocycles. The second kappa shape index (κ2) is 8.81. The number of benzene rings is 1. The largest absolute Gasteiger partial charge is 0.384 e. The highest BCUT2D eigenvalue weighted by Gasteiger charge is 2.05. The Labute approximate surface area is 130 Å². The first-order valence-electron chi connectivity index (χ1n) is 7.23. The molecule has 0 aliphatic heterocycles. The number of carbonyl (C=O) groups is 2. The van der Waals surface area contributed by atoms with Crippen molar-refractivity contribution < 1.29 is 14.4 Å². The Bertz CT molecular complexity index is 553. The zero-order valence-electron chi connectivity index (χ0n) is 13.3. The van der Waals surface area contributed by atoms with Crippen molar-refractivity contribution in [3.8, 4) is 0 Å².